The van der Waals surface area contributed by atoms with E-state index in [0.29, 0.717) is 12.6 Å². The van der Waals surface area contributed by atoms with E-state index in [-0.39, 0.29) is 30.1 Å². The molecular weight excluding hydrogens is 491 g/mol. The van der Waals surface area contributed by atoms with E-state index in [1.165, 1.54) is 31.5 Å². The fourth-order valence-corrected chi connectivity index (χ4v) is 4.36. The highest BCUT2D eigenvalue weighted by Crippen LogP contribution is 2.25. The Bertz CT molecular complexity index is 805. The van der Waals surface area contributed by atoms with E-state index < -0.39 is 0 Å². The second kappa shape index (κ2) is 11.1. The van der Waals surface area contributed by atoms with Gasteiger partial charge in [-0.25, -0.2) is 0 Å². The van der Waals surface area contributed by atoms with E-state index in [4.69, 9.17) is 4.74 Å². The Hall–Kier alpha value is -1.65. The Labute approximate surface area is 196 Å². The average molecular weight is 524 g/mol. The maximum absolute atomic E-state index is 5.99. The van der Waals surface area contributed by atoms with Gasteiger partial charge in [-0.05, 0) is 31.5 Å². The largest absolute Gasteiger partial charge is 0.370 e. The van der Waals surface area contributed by atoms with Crippen molar-refractivity contribution in [2.24, 2.45) is 12.0 Å². The number of aryl methyl sites for hydroxylation is 1. The van der Waals surface area contributed by atoms with Crippen LogP contribution in [0.5, 0.6) is 0 Å². The molecule has 2 aromatic rings. The number of aliphatic imine (C=N–C) groups is 1. The van der Waals surface area contributed by atoms with E-state index in [1.54, 1.807) is 0 Å². The maximum atomic E-state index is 5.99. The summed E-state index contributed by atoms with van der Waals surface area (Å²) in [6.07, 6.45) is 6.52. The fourth-order valence-electron chi connectivity index (χ4n) is 4.36. The lowest BCUT2D eigenvalue weighted by Crippen LogP contribution is -2.49. The van der Waals surface area contributed by atoms with Crippen molar-refractivity contribution in [2.45, 2.75) is 25.0 Å². The van der Waals surface area contributed by atoms with Gasteiger partial charge in [0.25, 0.3) is 0 Å². The Kier molecular flexibility index (Phi) is 8.52. The van der Waals surface area contributed by atoms with Crippen LogP contribution in [-0.4, -0.2) is 71.9 Å². The normalized spacial score (nSPS) is 21.3. The number of likely N-dealkylation sites (tertiary alicyclic amines) is 1. The van der Waals surface area contributed by atoms with Gasteiger partial charge in [0.05, 0.1) is 25.4 Å². The van der Waals surface area contributed by atoms with E-state index in [9.17, 15) is 0 Å². The standard InChI is InChI=1S/C22H32N6O.HI/c1-23-22(28-12-13-29-21(17-28)19-14-25-26(2)16-19)24-15-20(27-10-6-7-11-27)18-8-4-3-5-9-18;/h3-5,8-9,14,16,20-21H,6-7,10-13,15,17H2,1-2H3,(H,23,24);1H. The number of benzene rings is 1. The van der Waals surface area contributed by atoms with Gasteiger partial charge in [0.1, 0.15) is 6.10 Å². The zero-order chi connectivity index (χ0) is 20.1. The van der Waals surface area contributed by atoms with Crippen molar-refractivity contribution in [3.63, 3.8) is 0 Å². The first kappa shape index (κ1) is 23.0. The van der Waals surface area contributed by atoms with E-state index in [0.717, 1.165) is 31.2 Å². The lowest BCUT2D eigenvalue weighted by molar-refractivity contribution is -0.00812. The number of aromatic nitrogens is 2. The number of halogens is 1. The molecule has 2 fully saturated rings. The Morgan fingerprint density at radius 2 is 2.00 bits per heavy atom. The minimum absolute atomic E-state index is 0. The molecule has 2 aliphatic rings. The molecule has 2 saturated heterocycles. The van der Waals surface area contributed by atoms with Crippen LogP contribution in [0.4, 0.5) is 0 Å². The third-order valence-electron chi connectivity index (χ3n) is 5.89. The van der Waals surface area contributed by atoms with Gasteiger partial charge in [0.2, 0.25) is 0 Å². The fraction of sp³-hybridized carbons (Fsp3) is 0.545. The highest BCUT2D eigenvalue weighted by atomic mass is 127. The summed E-state index contributed by atoms with van der Waals surface area (Å²) in [4.78, 5) is 9.46. The topological polar surface area (TPSA) is 57.9 Å². The quantitative estimate of drug-likeness (QED) is 0.371. The molecule has 0 saturated carbocycles. The summed E-state index contributed by atoms with van der Waals surface area (Å²) < 4.78 is 7.82. The second-order valence-electron chi connectivity index (χ2n) is 7.85. The summed E-state index contributed by atoms with van der Waals surface area (Å²) >= 11 is 0. The number of morpholine rings is 1. The van der Waals surface area contributed by atoms with Crippen LogP contribution >= 0.6 is 24.0 Å². The molecule has 0 amide bonds. The van der Waals surface area contributed by atoms with Gasteiger partial charge in [-0.2, -0.15) is 5.10 Å². The highest BCUT2D eigenvalue weighted by Gasteiger charge is 2.27. The lowest BCUT2D eigenvalue weighted by Gasteiger charge is -2.36. The predicted octanol–water partition coefficient (Wildman–Crippen LogP) is 2.82. The summed E-state index contributed by atoms with van der Waals surface area (Å²) in [5.74, 6) is 0.947. The molecule has 2 aliphatic heterocycles. The van der Waals surface area contributed by atoms with Crippen LogP contribution in [0.3, 0.4) is 0 Å². The average Bonchev–Trinajstić information content (AvgIpc) is 3.44. The molecule has 2 unspecified atom stereocenters. The number of nitrogens with zero attached hydrogens (tertiary/aromatic N) is 5. The summed E-state index contributed by atoms with van der Waals surface area (Å²) in [6.45, 7) is 5.50. The van der Waals surface area contributed by atoms with Gasteiger partial charge in [-0.15, -0.1) is 24.0 Å². The molecule has 1 aromatic carbocycles. The Morgan fingerprint density at radius 1 is 1.23 bits per heavy atom. The van der Waals surface area contributed by atoms with E-state index in [1.807, 2.05) is 31.2 Å². The van der Waals surface area contributed by atoms with E-state index >= 15 is 0 Å². The summed E-state index contributed by atoms with van der Waals surface area (Å²) in [5.41, 5.74) is 2.49. The van der Waals surface area contributed by atoms with Gasteiger partial charge in [-0.3, -0.25) is 14.6 Å². The van der Waals surface area contributed by atoms with Crippen molar-refractivity contribution in [1.82, 2.24) is 24.9 Å². The molecular formula is C22H33IN6O. The summed E-state index contributed by atoms with van der Waals surface area (Å²) in [6, 6.07) is 11.2. The molecule has 2 atom stereocenters. The molecule has 7 nitrogen and oxygen atoms in total. The number of hydrogen-bond donors (Lipinski definition) is 1. The maximum Gasteiger partial charge on any atom is 0.193 e. The Balaban J connectivity index is 0.00000256. The third-order valence-corrected chi connectivity index (χ3v) is 5.89. The summed E-state index contributed by atoms with van der Waals surface area (Å²) in [5, 5.41) is 7.94. The SMILES string of the molecule is CN=C(NCC(c1ccccc1)N1CCCC1)N1CCOC(c2cnn(C)c2)C1.I. The second-order valence-corrected chi connectivity index (χ2v) is 7.85. The number of guanidine groups is 1. The highest BCUT2D eigenvalue weighted by molar-refractivity contribution is 14.0. The number of ether oxygens (including phenoxy) is 1. The summed E-state index contributed by atoms with van der Waals surface area (Å²) in [7, 11) is 3.80. The van der Waals surface area contributed by atoms with Crippen LogP contribution in [0.1, 0.15) is 36.1 Å². The molecule has 0 bridgehead atoms. The van der Waals surface area contributed by atoms with E-state index in [2.05, 4.69) is 55.5 Å². The molecule has 0 radical (unpaired) electrons. The van der Waals surface area contributed by atoms with Crippen LogP contribution < -0.4 is 5.32 Å². The minimum Gasteiger partial charge on any atom is -0.370 e. The van der Waals surface area contributed by atoms with Gasteiger partial charge in [0, 0.05) is 38.9 Å². The smallest absolute Gasteiger partial charge is 0.193 e. The zero-order valence-electron chi connectivity index (χ0n) is 17.9. The Morgan fingerprint density at radius 3 is 2.67 bits per heavy atom. The lowest BCUT2D eigenvalue weighted by atomic mass is 10.1. The van der Waals surface area contributed by atoms with Crippen molar-refractivity contribution in [2.75, 3.05) is 46.4 Å². The number of rotatable bonds is 5. The van der Waals surface area contributed by atoms with Gasteiger partial charge in [0.15, 0.2) is 5.96 Å². The first-order valence-electron chi connectivity index (χ1n) is 10.6. The van der Waals surface area contributed by atoms with Gasteiger partial charge in [-0.1, -0.05) is 30.3 Å². The van der Waals surface area contributed by atoms with Crippen molar-refractivity contribution in [1.29, 1.82) is 0 Å². The zero-order valence-corrected chi connectivity index (χ0v) is 20.2. The molecule has 1 aromatic heterocycles. The molecule has 1 N–H and O–H groups in total. The first-order chi connectivity index (χ1) is 14.2. The molecule has 164 valence electrons. The van der Waals surface area contributed by atoms with Crippen molar-refractivity contribution in [3.8, 4) is 0 Å². The minimum atomic E-state index is 0. The molecule has 30 heavy (non-hydrogen) atoms. The van der Waals surface area contributed by atoms with Crippen LogP contribution in [0.2, 0.25) is 0 Å². The third kappa shape index (κ3) is 5.53. The van der Waals surface area contributed by atoms with Gasteiger partial charge < -0.3 is 15.0 Å². The van der Waals surface area contributed by atoms with Crippen molar-refractivity contribution >= 4 is 29.9 Å². The van der Waals surface area contributed by atoms with Crippen LogP contribution in [0.25, 0.3) is 0 Å². The van der Waals surface area contributed by atoms with Crippen LogP contribution in [-0.2, 0) is 11.8 Å². The predicted molar refractivity (Wildman–Crippen MR) is 130 cm³/mol. The molecule has 0 spiro atoms. The number of hydrogen-bond acceptors (Lipinski definition) is 4. The first-order valence-corrected chi connectivity index (χ1v) is 10.6. The monoisotopic (exact) mass is 524 g/mol. The van der Waals surface area contributed by atoms with Crippen LogP contribution in [0.15, 0.2) is 47.7 Å². The molecule has 0 aliphatic carbocycles. The molecule has 4 rings (SSSR count). The van der Waals surface area contributed by atoms with Crippen molar-refractivity contribution < 1.29 is 4.74 Å². The van der Waals surface area contributed by atoms with Gasteiger partial charge >= 0.3 is 0 Å². The molecule has 3 heterocycles. The number of nitrogens with one attached hydrogen (secondary N) is 1. The van der Waals surface area contributed by atoms with Crippen molar-refractivity contribution in [3.05, 3.63) is 53.9 Å². The molecule has 8 heteroatoms. The van der Waals surface area contributed by atoms with Crippen LogP contribution in [0, 0.1) is 0 Å².